The average molecular weight is 162 g/mol. The maximum absolute atomic E-state index is 5.33. The second-order valence-corrected chi connectivity index (χ2v) is 3.96. The molecule has 1 unspecified atom stereocenters. The summed E-state index contributed by atoms with van der Waals surface area (Å²) in [6.45, 7) is 1.11. The highest BCUT2D eigenvalue weighted by atomic mass is 32.2. The molecular formula is C5H10N2S2. The van der Waals surface area contributed by atoms with Gasteiger partial charge in [-0.25, -0.2) is 0 Å². The Hall–Kier alpha value is 0.200. The van der Waals surface area contributed by atoms with E-state index in [-0.39, 0.29) is 0 Å². The van der Waals surface area contributed by atoms with Gasteiger partial charge in [0, 0.05) is 0 Å². The minimum absolute atomic E-state index is 0.488. The molecule has 1 saturated heterocycles. The van der Waals surface area contributed by atoms with E-state index in [1.165, 1.54) is 12.8 Å². The van der Waals surface area contributed by atoms with Crippen molar-refractivity contribution in [1.82, 2.24) is 5.32 Å². The molecule has 0 aromatic carbocycles. The van der Waals surface area contributed by atoms with Gasteiger partial charge in [-0.3, -0.25) is 0 Å². The number of nitrogens with one attached hydrogen (secondary N) is 1. The summed E-state index contributed by atoms with van der Waals surface area (Å²) in [4.78, 5) is 0. The quantitative estimate of drug-likeness (QED) is 0.556. The van der Waals surface area contributed by atoms with Crippen molar-refractivity contribution in [2.45, 2.75) is 18.2 Å². The maximum Gasteiger partial charge on any atom is 0.132 e. The molecule has 1 aliphatic heterocycles. The zero-order valence-corrected chi connectivity index (χ0v) is 6.73. The highest BCUT2D eigenvalue weighted by Crippen LogP contribution is 2.17. The Labute approximate surface area is 64.6 Å². The molecule has 52 valence electrons. The Morgan fingerprint density at radius 1 is 1.78 bits per heavy atom. The monoisotopic (exact) mass is 162 g/mol. The fourth-order valence-corrected chi connectivity index (χ4v) is 2.01. The van der Waals surface area contributed by atoms with Gasteiger partial charge in [0.05, 0.1) is 5.37 Å². The van der Waals surface area contributed by atoms with E-state index < -0.39 is 0 Å². The second-order valence-electron chi connectivity index (χ2n) is 2.02. The normalized spacial score (nSPS) is 26.4. The summed E-state index contributed by atoms with van der Waals surface area (Å²) >= 11 is 6.29. The van der Waals surface area contributed by atoms with E-state index >= 15 is 0 Å². The summed E-state index contributed by atoms with van der Waals surface area (Å²) in [6.07, 6.45) is 2.45. The van der Waals surface area contributed by atoms with E-state index in [0.717, 1.165) is 6.54 Å². The highest BCUT2D eigenvalue weighted by Gasteiger charge is 2.14. The van der Waals surface area contributed by atoms with Crippen molar-refractivity contribution < 1.29 is 0 Å². The van der Waals surface area contributed by atoms with E-state index in [9.17, 15) is 0 Å². The van der Waals surface area contributed by atoms with Crippen LogP contribution in [0.1, 0.15) is 12.8 Å². The molecule has 1 aliphatic rings. The number of hydrogen-bond acceptors (Lipinski definition) is 3. The molecule has 0 radical (unpaired) electrons. The summed E-state index contributed by atoms with van der Waals surface area (Å²) in [5.41, 5.74) is 5.33. The molecule has 2 nitrogen and oxygen atoms in total. The number of rotatable bonds is 1. The Bertz CT molecular complexity index is 110. The van der Waals surface area contributed by atoms with Gasteiger partial charge in [0.15, 0.2) is 0 Å². The standard InChI is InChI=1S/C5H10N2S2/c6-5(8)9-4-2-1-3-7-4/h4,7H,1-3H2,(H2,6,8). The zero-order valence-electron chi connectivity index (χ0n) is 5.09. The summed E-state index contributed by atoms with van der Waals surface area (Å²) in [5.74, 6) is 0. The van der Waals surface area contributed by atoms with Crippen molar-refractivity contribution >= 4 is 28.3 Å². The molecule has 0 bridgehead atoms. The van der Waals surface area contributed by atoms with Crippen LogP contribution in [0.3, 0.4) is 0 Å². The van der Waals surface area contributed by atoms with Crippen molar-refractivity contribution in [3.8, 4) is 0 Å². The number of thiocarbonyl (C=S) groups is 1. The van der Waals surface area contributed by atoms with Crippen LogP contribution >= 0.6 is 24.0 Å². The summed E-state index contributed by atoms with van der Waals surface area (Å²) in [6, 6.07) is 0. The molecule has 3 N–H and O–H groups in total. The van der Waals surface area contributed by atoms with Gasteiger partial charge in [-0.15, -0.1) is 0 Å². The Kier molecular flexibility index (Phi) is 2.75. The Morgan fingerprint density at radius 3 is 3.00 bits per heavy atom. The lowest BCUT2D eigenvalue weighted by atomic mass is 10.4. The SMILES string of the molecule is NC(=S)SC1CCCN1. The van der Waals surface area contributed by atoms with Crippen LogP contribution in [0.2, 0.25) is 0 Å². The van der Waals surface area contributed by atoms with E-state index in [1.54, 1.807) is 11.8 Å². The van der Waals surface area contributed by atoms with E-state index in [4.69, 9.17) is 18.0 Å². The Morgan fingerprint density at radius 2 is 2.56 bits per heavy atom. The second kappa shape index (κ2) is 3.39. The first-order valence-electron chi connectivity index (χ1n) is 2.98. The van der Waals surface area contributed by atoms with Crippen LogP contribution < -0.4 is 11.1 Å². The highest BCUT2D eigenvalue weighted by molar-refractivity contribution is 8.23. The van der Waals surface area contributed by atoms with Crippen molar-refractivity contribution in [1.29, 1.82) is 0 Å². The summed E-state index contributed by atoms with van der Waals surface area (Å²) in [5, 5.41) is 3.77. The minimum Gasteiger partial charge on any atom is -0.385 e. The maximum atomic E-state index is 5.33. The lowest BCUT2D eigenvalue weighted by Gasteiger charge is -2.05. The summed E-state index contributed by atoms with van der Waals surface area (Å²) < 4.78 is 0.550. The van der Waals surface area contributed by atoms with Gasteiger partial charge in [0.1, 0.15) is 4.32 Å². The molecule has 0 aromatic heterocycles. The van der Waals surface area contributed by atoms with Crippen molar-refractivity contribution in [3.05, 3.63) is 0 Å². The van der Waals surface area contributed by atoms with Crippen LogP contribution in [0.4, 0.5) is 0 Å². The van der Waals surface area contributed by atoms with E-state index in [0.29, 0.717) is 9.69 Å². The molecule has 0 aliphatic carbocycles. The van der Waals surface area contributed by atoms with Gasteiger partial charge in [0.25, 0.3) is 0 Å². The van der Waals surface area contributed by atoms with Gasteiger partial charge in [-0.1, -0.05) is 24.0 Å². The van der Waals surface area contributed by atoms with Crippen LogP contribution in [0, 0.1) is 0 Å². The average Bonchev–Trinajstić information content (AvgIpc) is 2.15. The van der Waals surface area contributed by atoms with Crippen LogP contribution in [0.15, 0.2) is 0 Å². The van der Waals surface area contributed by atoms with Crippen molar-refractivity contribution in [2.24, 2.45) is 5.73 Å². The van der Waals surface area contributed by atoms with Gasteiger partial charge >= 0.3 is 0 Å². The largest absolute Gasteiger partial charge is 0.385 e. The smallest absolute Gasteiger partial charge is 0.132 e. The fourth-order valence-electron chi connectivity index (χ4n) is 0.893. The third-order valence-corrected chi connectivity index (χ3v) is 2.48. The summed E-state index contributed by atoms with van der Waals surface area (Å²) in [7, 11) is 0. The van der Waals surface area contributed by atoms with Gasteiger partial charge in [0.2, 0.25) is 0 Å². The van der Waals surface area contributed by atoms with Crippen LogP contribution in [0.5, 0.6) is 0 Å². The van der Waals surface area contributed by atoms with Crippen LogP contribution in [-0.2, 0) is 0 Å². The third-order valence-electron chi connectivity index (χ3n) is 1.27. The topological polar surface area (TPSA) is 38.0 Å². The molecule has 1 heterocycles. The number of thioether (sulfide) groups is 1. The first-order valence-corrected chi connectivity index (χ1v) is 4.27. The molecule has 9 heavy (non-hydrogen) atoms. The zero-order chi connectivity index (χ0) is 6.69. The number of nitrogens with two attached hydrogens (primary N) is 1. The minimum atomic E-state index is 0.488. The molecule has 0 amide bonds. The third kappa shape index (κ3) is 2.51. The van der Waals surface area contributed by atoms with Crippen LogP contribution in [-0.4, -0.2) is 16.2 Å². The predicted molar refractivity (Wildman–Crippen MR) is 45.4 cm³/mol. The lowest BCUT2D eigenvalue weighted by molar-refractivity contribution is 0.810. The molecule has 0 aromatic rings. The Balaban J connectivity index is 2.19. The lowest BCUT2D eigenvalue weighted by Crippen LogP contribution is -2.21. The van der Waals surface area contributed by atoms with Gasteiger partial charge < -0.3 is 11.1 Å². The molecule has 0 saturated carbocycles. The molecule has 0 spiro atoms. The molecule has 1 fully saturated rings. The van der Waals surface area contributed by atoms with Crippen LogP contribution in [0.25, 0.3) is 0 Å². The van der Waals surface area contributed by atoms with E-state index in [2.05, 4.69) is 5.32 Å². The van der Waals surface area contributed by atoms with E-state index in [1.807, 2.05) is 0 Å². The van der Waals surface area contributed by atoms with Crippen molar-refractivity contribution in [3.63, 3.8) is 0 Å². The first-order chi connectivity index (χ1) is 4.29. The van der Waals surface area contributed by atoms with Crippen molar-refractivity contribution in [2.75, 3.05) is 6.54 Å². The number of hydrogen-bond donors (Lipinski definition) is 2. The predicted octanol–water partition coefficient (Wildman–Crippen LogP) is 0.673. The van der Waals surface area contributed by atoms with Gasteiger partial charge in [-0.2, -0.15) is 0 Å². The first kappa shape index (κ1) is 7.31. The molecule has 4 heteroatoms. The molecule has 1 rings (SSSR count). The molecule has 1 atom stereocenters. The fraction of sp³-hybridized carbons (Fsp3) is 0.800. The van der Waals surface area contributed by atoms with Gasteiger partial charge in [-0.05, 0) is 19.4 Å². The molecular weight excluding hydrogens is 152 g/mol.